The van der Waals surface area contributed by atoms with E-state index in [2.05, 4.69) is 5.32 Å². The van der Waals surface area contributed by atoms with Gasteiger partial charge in [0.1, 0.15) is 0 Å². The average molecular weight is 241 g/mol. The number of rotatable bonds is 6. The van der Waals surface area contributed by atoms with Crippen LogP contribution in [0.15, 0.2) is 11.4 Å². The molecule has 90 valence electrons. The molecule has 0 aliphatic rings. The molecule has 0 saturated carbocycles. The van der Waals surface area contributed by atoms with Crippen molar-refractivity contribution in [2.24, 2.45) is 0 Å². The summed E-state index contributed by atoms with van der Waals surface area (Å²) >= 11 is 1.61. The summed E-state index contributed by atoms with van der Waals surface area (Å²) in [5.41, 5.74) is 6.54. The zero-order chi connectivity index (χ0) is 12.0. The highest BCUT2D eigenvalue weighted by atomic mass is 32.1. The van der Waals surface area contributed by atoms with E-state index in [-0.39, 0.29) is 5.91 Å². The number of nitrogens with one attached hydrogen (secondary N) is 1. The van der Waals surface area contributed by atoms with Crippen LogP contribution in [0.25, 0.3) is 0 Å². The summed E-state index contributed by atoms with van der Waals surface area (Å²) in [6.45, 7) is 6.53. The van der Waals surface area contributed by atoms with Crippen molar-refractivity contribution in [3.05, 3.63) is 16.3 Å². The van der Waals surface area contributed by atoms with E-state index in [0.717, 1.165) is 23.7 Å². The van der Waals surface area contributed by atoms with Gasteiger partial charge in [-0.05, 0) is 25.3 Å². The third kappa shape index (κ3) is 3.50. The van der Waals surface area contributed by atoms with Gasteiger partial charge >= 0.3 is 0 Å². The standard InChI is InChI=1S/C11H19N3OS/c1-3-14(4-2)11(15)8-13-7-10-9(12)5-6-16-10/h5-6,13H,3-4,7-8,12H2,1-2H3. The van der Waals surface area contributed by atoms with Gasteiger partial charge in [0.05, 0.1) is 6.54 Å². The number of thiophene rings is 1. The second kappa shape index (κ2) is 6.50. The number of nitrogen functional groups attached to an aromatic ring is 1. The minimum atomic E-state index is 0.139. The van der Waals surface area contributed by atoms with Gasteiger partial charge in [-0.3, -0.25) is 4.79 Å². The van der Waals surface area contributed by atoms with E-state index >= 15 is 0 Å². The Bertz CT molecular complexity index is 334. The normalized spacial score (nSPS) is 10.4. The lowest BCUT2D eigenvalue weighted by atomic mass is 10.4. The van der Waals surface area contributed by atoms with Crippen LogP contribution in [0.5, 0.6) is 0 Å². The number of nitrogens with zero attached hydrogens (tertiary/aromatic N) is 1. The number of anilines is 1. The molecular weight excluding hydrogens is 222 g/mol. The van der Waals surface area contributed by atoms with E-state index in [4.69, 9.17) is 5.73 Å². The molecule has 0 bridgehead atoms. The van der Waals surface area contributed by atoms with E-state index in [0.29, 0.717) is 13.1 Å². The van der Waals surface area contributed by atoms with Crippen LogP contribution in [-0.2, 0) is 11.3 Å². The first-order chi connectivity index (χ1) is 7.69. The lowest BCUT2D eigenvalue weighted by Crippen LogP contribution is -2.37. The van der Waals surface area contributed by atoms with Gasteiger partial charge < -0.3 is 16.0 Å². The van der Waals surface area contributed by atoms with Gasteiger partial charge in [0.25, 0.3) is 0 Å². The Kier molecular flexibility index (Phi) is 5.28. The molecule has 0 fully saturated rings. The van der Waals surface area contributed by atoms with Crippen molar-refractivity contribution >= 4 is 22.9 Å². The van der Waals surface area contributed by atoms with Crippen molar-refractivity contribution in [3.63, 3.8) is 0 Å². The Morgan fingerprint density at radius 1 is 1.50 bits per heavy atom. The Hall–Kier alpha value is -1.07. The highest BCUT2D eigenvalue weighted by Crippen LogP contribution is 2.17. The molecule has 5 heteroatoms. The lowest BCUT2D eigenvalue weighted by molar-refractivity contribution is -0.129. The summed E-state index contributed by atoms with van der Waals surface area (Å²) in [5, 5.41) is 5.07. The topological polar surface area (TPSA) is 58.4 Å². The molecule has 1 aromatic heterocycles. The highest BCUT2D eigenvalue weighted by Gasteiger charge is 2.08. The van der Waals surface area contributed by atoms with Gasteiger partial charge in [-0.2, -0.15) is 0 Å². The molecular formula is C11H19N3OS. The summed E-state index contributed by atoms with van der Waals surface area (Å²) < 4.78 is 0. The van der Waals surface area contributed by atoms with E-state index < -0.39 is 0 Å². The van der Waals surface area contributed by atoms with Crippen molar-refractivity contribution in [3.8, 4) is 0 Å². The summed E-state index contributed by atoms with van der Waals surface area (Å²) in [4.78, 5) is 14.6. The summed E-state index contributed by atoms with van der Waals surface area (Å²) in [6, 6.07) is 1.88. The second-order valence-corrected chi connectivity index (χ2v) is 4.47. The maximum absolute atomic E-state index is 11.7. The molecule has 4 nitrogen and oxygen atoms in total. The minimum absolute atomic E-state index is 0.139. The fourth-order valence-corrected chi connectivity index (χ4v) is 2.23. The molecule has 0 aliphatic heterocycles. The monoisotopic (exact) mass is 241 g/mol. The van der Waals surface area contributed by atoms with E-state index in [9.17, 15) is 4.79 Å². The molecule has 0 radical (unpaired) electrons. The summed E-state index contributed by atoms with van der Waals surface area (Å²) in [7, 11) is 0. The van der Waals surface area contributed by atoms with Gasteiger partial charge in [-0.1, -0.05) is 0 Å². The first-order valence-electron chi connectivity index (χ1n) is 5.49. The van der Waals surface area contributed by atoms with Gasteiger partial charge in [0.2, 0.25) is 5.91 Å². The lowest BCUT2D eigenvalue weighted by Gasteiger charge is -2.18. The fourth-order valence-electron chi connectivity index (χ4n) is 1.47. The molecule has 1 heterocycles. The molecule has 16 heavy (non-hydrogen) atoms. The minimum Gasteiger partial charge on any atom is -0.398 e. The zero-order valence-electron chi connectivity index (χ0n) is 9.82. The van der Waals surface area contributed by atoms with Crippen molar-refractivity contribution in [2.75, 3.05) is 25.4 Å². The molecule has 1 amide bonds. The molecule has 0 spiro atoms. The SMILES string of the molecule is CCN(CC)C(=O)CNCc1sccc1N. The number of amides is 1. The molecule has 0 atom stereocenters. The fraction of sp³-hybridized carbons (Fsp3) is 0.545. The van der Waals surface area contributed by atoms with Crippen LogP contribution < -0.4 is 11.1 Å². The third-order valence-corrected chi connectivity index (χ3v) is 3.39. The van der Waals surface area contributed by atoms with E-state index in [1.54, 1.807) is 11.3 Å². The number of hydrogen-bond acceptors (Lipinski definition) is 4. The van der Waals surface area contributed by atoms with Crippen molar-refractivity contribution in [2.45, 2.75) is 20.4 Å². The van der Waals surface area contributed by atoms with Crippen LogP contribution >= 0.6 is 11.3 Å². The zero-order valence-corrected chi connectivity index (χ0v) is 10.6. The van der Waals surface area contributed by atoms with E-state index in [1.165, 1.54) is 0 Å². The molecule has 0 saturated heterocycles. The van der Waals surface area contributed by atoms with Crippen LogP contribution in [0.3, 0.4) is 0 Å². The van der Waals surface area contributed by atoms with Crippen LogP contribution in [0.1, 0.15) is 18.7 Å². The third-order valence-electron chi connectivity index (χ3n) is 2.46. The van der Waals surface area contributed by atoms with Crippen LogP contribution in [0.4, 0.5) is 5.69 Å². The maximum Gasteiger partial charge on any atom is 0.236 e. The molecule has 0 unspecified atom stereocenters. The molecule has 0 aromatic carbocycles. The predicted octanol–water partition coefficient (Wildman–Crippen LogP) is 1.29. The highest BCUT2D eigenvalue weighted by molar-refractivity contribution is 7.10. The molecule has 3 N–H and O–H groups in total. The smallest absolute Gasteiger partial charge is 0.236 e. The maximum atomic E-state index is 11.7. The summed E-state index contributed by atoms with van der Waals surface area (Å²) in [6.07, 6.45) is 0. The predicted molar refractivity (Wildman–Crippen MR) is 68.4 cm³/mol. The quantitative estimate of drug-likeness (QED) is 0.789. The average Bonchev–Trinajstić information content (AvgIpc) is 2.66. The number of carbonyl (C=O) groups is 1. The summed E-state index contributed by atoms with van der Waals surface area (Å²) in [5.74, 6) is 0.139. The van der Waals surface area contributed by atoms with Crippen LogP contribution in [-0.4, -0.2) is 30.4 Å². The Labute approximate surface area is 100 Å². The Morgan fingerprint density at radius 3 is 2.69 bits per heavy atom. The number of carbonyl (C=O) groups excluding carboxylic acids is 1. The first-order valence-corrected chi connectivity index (χ1v) is 6.37. The van der Waals surface area contributed by atoms with Gasteiger partial charge in [0.15, 0.2) is 0 Å². The van der Waals surface area contributed by atoms with Gasteiger partial charge in [0, 0.05) is 30.2 Å². The van der Waals surface area contributed by atoms with Crippen molar-refractivity contribution in [1.82, 2.24) is 10.2 Å². The molecule has 1 rings (SSSR count). The van der Waals surface area contributed by atoms with Crippen molar-refractivity contribution in [1.29, 1.82) is 0 Å². The molecule has 1 aromatic rings. The number of hydrogen-bond donors (Lipinski definition) is 2. The number of nitrogens with two attached hydrogens (primary N) is 1. The van der Waals surface area contributed by atoms with Crippen LogP contribution in [0.2, 0.25) is 0 Å². The Morgan fingerprint density at radius 2 is 2.19 bits per heavy atom. The number of likely N-dealkylation sites (N-methyl/N-ethyl adjacent to an activating group) is 1. The Balaban J connectivity index is 2.30. The largest absolute Gasteiger partial charge is 0.398 e. The molecule has 0 aliphatic carbocycles. The second-order valence-electron chi connectivity index (χ2n) is 3.47. The van der Waals surface area contributed by atoms with E-state index in [1.807, 2.05) is 30.2 Å². The first kappa shape index (κ1) is 13.0. The van der Waals surface area contributed by atoms with Crippen molar-refractivity contribution < 1.29 is 4.79 Å². The van der Waals surface area contributed by atoms with Crippen LogP contribution in [0, 0.1) is 0 Å². The van der Waals surface area contributed by atoms with Gasteiger partial charge in [-0.25, -0.2) is 0 Å². The van der Waals surface area contributed by atoms with Gasteiger partial charge in [-0.15, -0.1) is 11.3 Å².